The SMILES string of the molecule is C=CC(=O)NC1CCN(C(=O)c2nn(Cc3ccc(F)cc3)c3c2CN(C(=O)c2ccc[nH]2)C[C@H]3C)CC1. The first-order valence-corrected chi connectivity index (χ1v) is 12.8. The van der Waals surface area contributed by atoms with Crippen LogP contribution in [0.3, 0.4) is 0 Å². The van der Waals surface area contributed by atoms with Crippen LogP contribution in [0.5, 0.6) is 0 Å². The average molecular weight is 519 g/mol. The van der Waals surface area contributed by atoms with Crippen LogP contribution in [0.15, 0.2) is 55.3 Å². The predicted molar refractivity (Wildman–Crippen MR) is 139 cm³/mol. The van der Waals surface area contributed by atoms with Crippen molar-refractivity contribution in [2.75, 3.05) is 19.6 Å². The second-order valence-corrected chi connectivity index (χ2v) is 9.95. The van der Waals surface area contributed by atoms with Crippen molar-refractivity contribution in [1.29, 1.82) is 0 Å². The highest BCUT2D eigenvalue weighted by Gasteiger charge is 2.36. The monoisotopic (exact) mass is 518 g/mol. The minimum absolute atomic E-state index is 0.0107. The molecule has 10 heteroatoms. The molecular weight excluding hydrogens is 487 g/mol. The van der Waals surface area contributed by atoms with E-state index < -0.39 is 0 Å². The zero-order chi connectivity index (χ0) is 26.8. The molecule has 1 atom stereocenters. The van der Waals surface area contributed by atoms with Gasteiger partial charge in [0.15, 0.2) is 5.69 Å². The summed E-state index contributed by atoms with van der Waals surface area (Å²) in [4.78, 5) is 45.1. The van der Waals surface area contributed by atoms with Crippen LogP contribution in [0, 0.1) is 5.82 Å². The number of piperidine rings is 1. The van der Waals surface area contributed by atoms with Gasteiger partial charge >= 0.3 is 0 Å². The Balaban J connectivity index is 1.43. The van der Waals surface area contributed by atoms with Gasteiger partial charge in [-0.3, -0.25) is 19.1 Å². The van der Waals surface area contributed by atoms with Gasteiger partial charge in [-0.25, -0.2) is 4.39 Å². The number of amides is 3. The molecule has 1 aromatic carbocycles. The Bertz CT molecular complexity index is 1340. The fraction of sp³-hybridized carbons (Fsp3) is 0.357. The van der Waals surface area contributed by atoms with Crippen molar-refractivity contribution in [3.63, 3.8) is 0 Å². The van der Waals surface area contributed by atoms with E-state index in [1.165, 1.54) is 18.2 Å². The molecule has 9 nitrogen and oxygen atoms in total. The third kappa shape index (κ3) is 5.11. The molecule has 2 aromatic heterocycles. The third-order valence-corrected chi connectivity index (χ3v) is 7.28. The topological polar surface area (TPSA) is 103 Å². The van der Waals surface area contributed by atoms with E-state index in [-0.39, 0.29) is 42.0 Å². The Hall–Kier alpha value is -4.21. The van der Waals surface area contributed by atoms with Crippen LogP contribution in [0.4, 0.5) is 4.39 Å². The van der Waals surface area contributed by atoms with E-state index in [0.717, 1.165) is 16.8 Å². The van der Waals surface area contributed by atoms with Gasteiger partial charge in [0, 0.05) is 49.0 Å². The van der Waals surface area contributed by atoms with E-state index in [1.54, 1.807) is 40.3 Å². The fourth-order valence-electron chi connectivity index (χ4n) is 5.37. The lowest BCUT2D eigenvalue weighted by Gasteiger charge is -2.33. The Morgan fingerprint density at radius 1 is 1.13 bits per heavy atom. The summed E-state index contributed by atoms with van der Waals surface area (Å²) in [6, 6.07) is 9.75. The van der Waals surface area contributed by atoms with Gasteiger partial charge in [-0.05, 0) is 48.7 Å². The lowest BCUT2D eigenvalue weighted by Crippen LogP contribution is -2.46. The number of H-pyrrole nitrogens is 1. The zero-order valence-electron chi connectivity index (χ0n) is 21.3. The number of carbonyl (C=O) groups is 3. The van der Waals surface area contributed by atoms with Gasteiger partial charge in [-0.15, -0.1) is 0 Å². The van der Waals surface area contributed by atoms with Crippen LogP contribution in [-0.2, 0) is 17.9 Å². The third-order valence-electron chi connectivity index (χ3n) is 7.28. The quantitative estimate of drug-likeness (QED) is 0.490. The van der Waals surface area contributed by atoms with Crippen LogP contribution in [0.1, 0.15) is 63.5 Å². The molecule has 0 unspecified atom stereocenters. The molecule has 2 aliphatic rings. The van der Waals surface area contributed by atoms with Crippen molar-refractivity contribution in [3.05, 3.63) is 89.3 Å². The number of aromatic amines is 1. The number of nitrogens with zero attached hydrogens (tertiary/aromatic N) is 4. The maximum atomic E-state index is 13.8. The predicted octanol–water partition coefficient (Wildman–Crippen LogP) is 3.06. The Kier molecular flexibility index (Phi) is 7.13. The molecule has 0 aliphatic carbocycles. The summed E-state index contributed by atoms with van der Waals surface area (Å²) in [7, 11) is 0. The molecule has 0 saturated carbocycles. The van der Waals surface area contributed by atoms with Gasteiger partial charge in [-0.2, -0.15) is 5.10 Å². The highest BCUT2D eigenvalue weighted by molar-refractivity contribution is 5.96. The highest BCUT2D eigenvalue weighted by atomic mass is 19.1. The van der Waals surface area contributed by atoms with Crippen molar-refractivity contribution in [1.82, 2.24) is 29.9 Å². The van der Waals surface area contributed by atoms with Gasteiger partial charge in [0.2, 0.25) is 5.91 Å². The van der Waals surface area contributed by atoms with Crippen molar-refractivity contribution < 1.29 is 18.8 Å². The number of fused-ring (bicyclic) bond motifs is 1. The van der Waals surface area contributed by atoms with E-state index in [9.17, 15) is 18.8 Å². The highest BCUT2D eigenvalue weighted by Crippen LogP contribution is 2.33. The van der Waals surface area contributed by atoms with Gasteiger partial charge in [0.05, 0.1) is 13.1 Å². The molecule has 0 spiro atoms. The summed E-state index contributed by atoms with van der Waals surface area (Å²) in [6.07, 6.45) is 4.23. The summed E-state index contributed by atoms with van der Waals surface area (Å²) < 4.78 is 15.3. The van der Waals surface area contributed by atoms with Crippen molar-refractivity contribution in [3.8, 4) is 0 Å². The lowest BCUT2D eigenvalue weighted by atomic mass is 9.95. The van der Waals surface area contributed by atoms with Crippen LogP contribution >= 0.6 is 0 Å². The molecule has 2 aliphatic heterocycles. The van der Waals surface area contributed by atoms with Crippen LogP contribution in [-0.4, -0.2) is 68.0 Å². The summed E-state index contributed by atoms with van der Waals surface area (Å²) >= 11 is 0. The molecule has 3 amide bonds. The van der Waals surface area contributed by atoms with Gasteiger partial charge < -0.3 is 20.1 Å². The number of halogens is 1. The minimum Gasteiger partial charge on any atom is -0.357 e. The van der Waals surface area contributed by atoms with Crippen molar-refractivity contribution in [2.24, 2.45) is 0 Å². The maximum Gasteiger partial charge on any atom is 0.274 e. The zero-order valence-corrected chi connectivity index (χ0v) is 21.3. The fourth-order valence-corrected chi connectivity index (χ4v) is 5.37. The molecule has 38 heavy (non-hydrogen) atoms. The minimum atomic E-state index is -0.313. The molecule has 198 valence electrons. The second kappa shape index (κ2) is 10.6. The Morgan fingerprint density at radius 3 is 2.53 bits per heavy atom. The van der Waals surface area contributed by atoms with Crippen LogP contribution < -0.4 is 5.32 Å². The van der Waals surface area contributed by atoms with Gasteiger partial charge in [0.25, 0.3) is 11.8 Å². The van der Waals surface area contributed by atoms with Crippen molar-refractivity contribution in [2.45, 2.75) is 44.8 Å². The maximum absolute atomic E-state index is 13.8. The Morgan fingerprint density at radius 2 is 1.87 bits per heavy atom. The molecule has 2 N–H and O–H groups in total. The molecule has 1 fully saturated rings. The number of hydrogen-bond acceptors (Lipinski definition) is 4. The molecular formula is C28H31FN6O3. The summed E-state index contributed by atoms with van der Waals surface area (Å²) in [5.74, 6) is -0.909. The smallest absolute Gasteiger partial charge is 0.274 e. The number of aromatic nitrogens is 3. The number of rotatable bonds is 6. The van der Waals surface area contributed by atoms with Gasteiger partial charge in [-0.1, -0.05) is 25.6 Å². The standard InChI is InChI=1S/C28H31FN6O3/c1-3-24(36)31-21-10-13-33(14-11-21)28(38)25-22-17-34(27(37)23-5-4-12-30-23)15-18(2)26(22)35(32-25)16-19-6-8-20(29)9-7-19/h3-9,12,18,21,30H,1,10-11,13-17H2,2H3,(H,31,36)/t18-/m1/s1. The number of carbonyl (C=O) groups excluding carboxylic acids is 3. The van der Waals surface area contributed by atoms with E-state index in [0.29, 0.717) is 50.4 Å². The average Bonchev–Trinajstić information content (AvgIpc) is 3.58. The molecule has 4 heterocycles. The molecule has 0 radical (unpaired) electrons. The van der Waals surface area contributed by atoms with Gasteiger partial charge in [0.1, 0.15) is 11.5 Å². The van der Waals surface area contributed by atoms with E-state index in [2.05, 4.69) is 16.9 Å². The Labute approximate surface area is 220 Å². The van der Waals surface area contributed by atoms with E-state index in [1.807, 2.05) is 11.6 Å². The molecule has 1 saturated heterocycles. The summed E-state index contributed by atoms with van der Waals surface area (Å²) in [5.41, 5.74) is 3.37. The number of hydrogen-bond donors (Lipinski definition) is 2. The summed E-state index contributed by atoms with van der Waals surface area (Å²) in [6.45, 7) is 7.64. The van der Waals surface area contributed by atoms with Crippen molar-refractivity contribution >= 4 is 17.7 Å². The lowest BCUT2D eigenvalue weighted by molar-refractivity contribution is -0.117. The molecule has 0 bridgehead atoms. The molecule has 3 aromatic rings. The second-order valence-electron chi connectivity index (χ2n) is 9.95. The van der Waals surface area contributed by atoms with Crippen LogP contribution in [0.25, 0.3) is 0 Å². The normalized spacial score (nSPS) is 17.7. The first-order valence-electron chi connectivity index (χ1n) is 12.8. The number of benzene rings is 1. The largest absolute Gasteiger partial charge is 0.357 e. The number of likely N-dealkylation sites (tertiary alicyclic amines) is 1. The van der Waals surface area contributed by atoms with Crippen LogP contribution in [0.2, 0.25) is 0 Å². The first kappa shape index (κ1) is 25.4. The van der Waals surface area contributed by atoms with E-state index in [4.69, 9.17) is 5.10 Å². The number of nitrogens with one attached hydrogen (secondary N) is 2. The molecule has 5 rings (SSSR count). The summed E-state index contributed by atoms with van der Waals surface area (Å²) in [5, 5.41) is 7.68. The van der Waals surface area contributed by atoms with E-state index >= 15 is 0 Å². The first-order chi connectivity index (χ1) is 18.3.